The van der Waals surface area contributed by atoms with E-state index in [1.54, 1.807) is 0 Å². The van der Waals surface area contributed by atoms with Crippen molar-refractivity contribution in [2.45, 2.75) is 19.3 Å². The summed E-state index contributed by atoms with van der Waals surface area (Å²) in [4.78, 5) is 14.2. The molecule has 0 saturated carbocycles. The topological polar surface area (TPSA) is 38.7 Å². The molecule has 0 aliphatic carbocycles. The Kier molecular flexibility index (Phi) is 5.55. The van der Waals surface area contributed by atoms with Crippen LogP contribution in [0.4, 0.5) is 0 Å². The Balaban J connectivity index is 0.000000753. The molecule has 1 aliphatic rings. The summed E-state index contributed by atoms with van der Waals surface area (Å²) in [6.45, 7) is 0. The van der Waals surface area contributed by atoms with Crippen LogP contribution in [-0.4, -0.2) is 15.0 Å². The van der Waals surface area contributed by atoms with E-state index in [4.69, 9.17) is 15.0 Å². The van der Waals surface area contributed by atoms with Gasteiger partial charge in [0.05, 0.1) is 0 Å². The fourth-order valence-electron chi connectivity index (χ4n) is 2.74. The van der Waals surface area contributed by atoms with Crippen molar-refractivity contribution in [2.24, 2.45) is 0 Å². The molecule has 0 saturated heterocycles. The Hall–Kier alpha value is -1.55. The van der Waals surface area contributed by atoms with Gasteiger partial charge in [0.2, 0.25) is 0 Å². The molecule has 0 radical (unpaired) electrons. The summed E-state index contributed by atoms with van der Waals surface area (Å²) in [5.74, 6) is 0. The molecule has 0 amide bonds. The van der Waals surface area contributed by atoms with Crippen molar-refractivity contribution < 1.29 is 14.2 Å². The second kappa shape index (κ2) is 7.82. The smallest absolute Gasteiger partial charge is 0.0466 e. The molecule has 23 heavy (non-hydrogen) atoms. The van der Waals surface area contributed by atoms with Gasteiger partial charge in [-0.15, -0.1) is 0 Å². The maximum atomic E-state index is 4.73. The Labute approximate surface area is 151 Å². The first-order chi connectivity index (χ1) is 11.3. The zero-order valence-electron chi connectivity index (χ0n) is 12.3. The first-order valence-electron chi connectivity index (χ1n) is 7.31. The summed E-state index contributed by atoms with van der Waals surface area (Å²) in [5.41, 5.74) is 6.38. The number of nitrogens with zero attached hydrogens (tertiary/aromatic N) is 3. The zero-order chi connectivity index (χ0) is 16.1. The third kappa shape index (κ3) is 4.25. The van der Waals surface area contributed by atoms with Crippen molar-refractivity contribution in [2.75, 3.05) is 0 Å². The van der Waals surface area contributed by atoms with E-state index < -0.39 is 0 Å². The number of rotatable bonds is 0. The number of hydrogen-bond donors (Lipinski definition) is 0. The van der Waals surface area contributed by atoms with Crippen LogP contribution in [0.5, 0.6) is 0 Å². The number of aromatic nitrogens is 3. The molecule has 3 aromatic heterocycles. The van der Waals surface area contributed by atoms with Crippen LogP contribution in [0.15, 0.2) is 54.6 Å². The molecule has 0 spiro atoms. The fraction of sp³-hybridized carbons (Fsp3) is 0.167. The molecule has 5 heteroatoms. The van der Waals surface area contributed by atoms with E-state index in [2.05, 4.69) is 82.9 Å². The average molecular weight is 417 g/mol. The second-order valence-corrected chi connectivity index (χ2v) is 5.39. The predicted molar refractivity (Wildman–Crippen MR) is 90.1 cm³/mol. The largest absolute Gasteiger partial charge is 0.257 e. The minimum atomic E-state index is 0.781. The van der Waals surface area contributed by atoms with Crippen LogP contribution >= 0.6 is 14.1 Å². The first kappa shape index (κ1) is 16.3. The molecule has 4 heterocycles. The van der Waals surface area contributed by atoms with Crippen LogP contribution in [0.25, 0.3) is 0 Å². The van der Waals surface area contributed by atoms with Crippen molar-refractivity contribution >= 4 is 14.1 Å². The van der Waals surface area contributed by atoms with E-state index in [-0.39, 0.29) is 0 Å². The van der Waals surface area contributed by atoms with Gasteiger partial charge in [-0.3, -0.25) is 15.0 Å². The molecule has 0 unspecified atom stereocenters. The third-order valence-corrected chi connectivity index (χ3v) is 3.68. The molecular weight excluding hydrogens is 402 g/mol. The molecule has 6 bridgehead atoms. The summed E-state index contributed by atoms with van der Waals surface area (Å²) in [6.07, 6.45) is 2.34. The van der Waals surface area contributed by atoms with Crippen LogP contribution in [0, 0.1) is 0 Å². The van der Waals surface area contributed by atoms with E-state index in [9.17, 15) is 0 Å². The van der Waals surface area contributed by atoms with Gasteiger partial charge in [0, 0.05) is 53.4 Å². The van der Waals surface area contributed by atoms with Gasteiger partial charge in [-0.05, 0) is 36.4 Å². The first-order valence-corrected chi connectivity index (χ1v) is 9.64. The van der Waals surface area contributed by atoms with Crippen LogP contribution < -0.4 is 0 Å². The van der Waals surface area contributed by atoms with Gasteiger partial charge >= 0.3 is 28.3 Å². The quantitative estimate of drug-likeness (QED) is 0.409. The van der Waals surface area contributed by atoms with Crippen LogP contribution in [0.1, 0.15) is 34.2 Å². The van der Waals surface area contributed by atoms with Gasteiger partial charge in [0.1, 0.15) is 0 Å². The summed E-state index contributed by atoms with van der Waals surface area (Å²) < 4.78 is 0. The van der Waals surface area contributed by atoms with Crippen molar-refractivity contribution in [3.63, 3.8) is 0 Å². The molecule has 1 aliphatic heterocycles. The number of fused-ring (bicyclic) bond motifs is 6. The van der Waals surface area contributed by atoms with Crippen LogP contribution in [-0.2, 0) is 33.5 Å². The maximum Gasteiger partial charge on any atom is 0.0466 e. The van der Waals surface area contributed by atoms with Crippen molar-refractivity contribution in [1.82, 2.24) is 15.0 Å². The molecule has 0 aromatic carbocycles. The van der Waals surface area contributed by atoms with Gasteiger partial charge < -0.3 is 0 Å². The molecule has 0 N–H and O–H groups in total. The Morgan fingerprint density at radius 3 is 0.957 bits per heavy atom. The van der Waals surface area contributed by atoms with Crippen LogP contribution in [0.2, 0.25) is 0 Å². The molecule has 3 nitrogen and oxygen atoms in total. The standard InChI is InChI=1S/C18H15N3.BrH.Cu/c1-4-13-10-15-6-2-8-17(20-15)12-18-9-3-7-16(21-18)11-14(5-1)19-13;;/h1-9H,10-12H2;1H;/q;;+1/p-1. The van der Waals surface area contributed by atoms with Gasteiger partial charge in [-0.1, -0.05) is 18.2 Å². The van der Waals surface area contributed by atoms with Gasteiger partial charge in [0.25, 0.3) is 0 Å². The van der Waals surface area contributed by atoms with Crippen LogP contribution in [0.3, 0.4) is 0 Å². The normalized spacial score (nSPS) is 12.3. The summed E-state index contributed by atoms with van der Waals surface area (Å²) in [5, 5.41) is 0. The molecule has 120 valence electrons. The molecule has 3 aromatic rings. The minimum absolute atomic E-state index is 0.781. The average Bonchev–Trinajstić information content (AvgIpc) is 2.57. The maximum absolute atomic E-state index is 4.73. The van der Waals surface area contributed by atoms with Gasteiger partial charge in [0.15, 0.2) is 0 Å². The molecule has 0 fully saturated rings. The number of halogens is 1. The Morgan fingerprint density at radius 1 is 0.522 bits per heavy atom. The number of hydrogen-bond acceptors (Lipinski definition) is 3. The summed E-state index contributed by atoms with van der Waals surface area (Å²) >= 11 is 6.50. The minimum Gasteiger partial charge on any atom is -0.257 e. The van der Waals surface area contributed by atoms with E-state index >= 15 is 0 Å². The van der Waals surface area contributed by atoms with Gasteiger partial charge in [-0.25, -0.2) is 0 Å². The molecule has 4 rings (SSSR count). The van der Waals surface area contributed by atoms with Gasteiger partial charge in [-0.2, -0.15) is 0 Å². The van der Waals surface area contributed by atoms with Crippen molar-refractivity contribution in [3.8, 4) is 0 Å². The van der Waals surface area contributed by atoms with E-state index in [1.165, 1.54) is 0 Å². The monoisotopic (exact) mass is 415 g/mol. The van der Waals surface area contributed by atoms with Crippen molar-refractivity contribution in [3.05, 3.63) is 88.8 Å². The third-order valence-electron chi connectivity index (χ3n) is 3.68. The Morgan fingerprint density at radius 2 is 0.739 bits per heavy atom. The second-order valence-electron chi connectivity index (χ2n) is 5.39. The predicted octanol–water partition coefficient (Wildman–Crippen LogP) is 3.80. The molecule has 0 atom stereocenters. The Bertz CT molecular complexity index is 648. The zero-order valence-corrected chi connectivity index (χ0v) is 14.9. The van der Waals surface area contributed by atoms with E-state index in [0.29, 0.717) is 0 Å². The summed E-state index contributed by atoms with van der Waals surface area (Å²) in [7, 11) is 0. The summed E-state index contributed by atoms with van der Waals surface area (Å²) in [6, 6.07) is 18.6. The van der Waals surface area contributed by atoms with E-state index in [0.717, 1.165) is 53.4 Å². The van der Waals surface area contributed by atoms with E-state index in [1.807, 2.05) is 0 Å². The SMILES string of the molecule is [Cu][Br].c1cc2nc(c1)Cc1cccc(n1)Cc1cccc(n1)C2. The number of pyridine rings is 3. The molecular formula is C18H15BrCuN3. The van der Waals surface area contributed by atoms with Crippen molar-refractivity contribution in [1.29, 1.82) is 0 Å². The fourth-order valence-corrected chi connectivity index (χ4v) is 2.74.